The van der Waals surface area contributed by atoms with E-state index in [4.69, 9.17) is 4.74 Å². The van der Waals surface area contributed by atoms with Crippen LogP contribution in [0.4, 0.5) is 4.79 Å². The molecule has 0 N–H and O–H groups in total. The molecule has 2 fully saturated rings. The molecule has 1 aromatic rings. The summed E-state index contributed by atoms with van der Waals surface area (Å²) in [5.41, 5.74) is 1.14. The van der Waals surface area contributed by atoms with Gasteiger partial charge in [0, 0.05) is 45.2 Å². The molecule has 1 unspecified atom stereocenters. The van der Waals surface area contributed by atoms with Crippen molar-refractivity contribution in [1.82, 2.24) is 14.1 Å². The van der Waals surface area contributed by atoms with Crippen LogP contribution in [-0.2, 0) is 19.6 Å². The molecule has 0 saturated carbocycles. The number of carbonyl (C=O) groups excluding carboxylic acids is 2. The zero-order valence-electron chi connectivity index (χ0n) is 19.3. The fourth-order valence-corrected chi connectivity index (χ4v) is 5.71. The summed E-state index contributed by atoms with van der Waals surface area (Å²) in [4.78, 5) is 28.5. The second kappa shape index (κ2) is 10.7. The first-order chi connectivity index (χ1) is 15.3. The smallest absolute Gasteiger partial charge is 0.409 e. The van der Waals surface area contributed by atoms with Gasteiger partial charge in [-0.15, -0.1) is 0 Å². The maximum absolute atomic E-state index is 13.0. The van der Waals surface area contributed by atoms with Crippen LogP contribution in [0.3, 0.4) is 0 Å². The lowest BCUT2D eigenvalue weighted by atomic mass is 9.95. The molecule has 2 aliphatic rings. The van der Waals surface area contributed by atoms with Gasteiger partial charge in [0.15, 0.2) is 0 Å². The minimum atomic E-state index is -3.57. The van der Waals surface area contributed by atoms with Crippen molar-refractivity contribution in [3.8, 4) is 0 Å². The Morgan fingerprint density at radius 1 is 0.969 bits per heavy atom. The fraction of sp³-hybridized carbons (Fsp3) is 0.652. The Morgan fingerprint density at radius 2 is 1.56 bits per heavy atom. The quantitative estimate of drug-likeness (QED) is 0.645. The first kappa shape index (κ1) is 24.5. The van der Waals surface area contributed by atoms with E-state index in [1.54, 1.807) is 28.9 Å². The molecule has 0 bridgehead atoms. The average Bonchev–Trinajstić information content (AvgIpc) is 2.83. The van der Waals surface area contributed by atoms with Gasteiger partial charge in [0.1, 0.15) is 0 Å². The third kappa shape index (κ3) is 5.43. The number of hydrogen-bond acceptors (Lipinski definition) is 5. The van der Waals surface area contributed by atoms with Crippen LogP contribution in [0, 0.1) is 5.92 Å². The molecule has 1 atom stereocenters. The van der Waals surface area contributed by atoms with Gasteiger partial charge in [-0.1, -0.05) is 26.0 Å². The van der Waals surface area contributed by atoms with Crippen molar-refractivity contribution in [3.63, 3.8) is 0 Å². The summed E-state index contributed by atoms with van der Waals surface area (Å²) < 4.78 is 32.6. The van der Waals surface area contributed by atoms with Gasteiger partial charge in [-0.05, 0) is 49.8 Å². The molecule has 32 heavy (non-hydrogen) atoms. The SMILES string of the molecule is CCOC(=O)N1CCC(C(=O)N2CCN(S(=O)(=O)c3ccc(C(C)CC)cc3)CC2)CC1. The standard InChI is InChI=1S/C23H35N3O5S/c1-4-18(3)19-6-8-21(9-7-19)32(29,30)26-16-14-24(15-17-26)22(27)20-10-12-25(13-11-20)23(28)31-5-2/h6-9,18,20H,4-5,10-17H2,1-3H3. The third-order valence-electron chi connectivity index (χ3n) is 6.62. The first-order valence-electron chi connectivity index (χ1n) is 11.6. The highest BCUT2D eigenvalue weighted by atomic mass is 32.2. The molecule has 178 valence electrons. The van der Waals surface area contributed by atoms with Gasteiger partial charge < -0.3 is 14.5 Å². The number of likely N-dealkylation sites (tertiary alicyclic amines) is 1. The largest absolute Gasteiger partial charge is 0.450 e. The van der Waals surface area contributed by atoms with Crippen LogP contribution in [0.15, 0.2) is 29.2 Å². The van der Waals surface area contributed by atoms with Gasteiger partial charge in [-0.2, -0.15) is 4.31 Å². The predicted molar refractivity (Wildman–Crippen MR) is 122 cm³/mol. The molecule has 1 aromatic carbocycles. The van der Waals surface area contributed by atoms with E-state index < -0.39 is 10.0 Å². The van der Waals surface area contributed by atoms with Crippen LogP contribution in [0.1, 0.15) is 51.5 Å². The lowest BCUT2D eigenvalue weighted by molar-refractivity contribution is -0.138. The fourth-order valence-electron chi connectivity index (χ4n) is 4.28. The lowest BCUT2D eigenvalue weighted by Crippen LogP contribution is -2.53. The molecule has 2 amide bonds. The van der Waals surface area contributed by atoms with Crippen molar-refractivity contribution < 1.29 is 22.7 Å². The number of nitrogens with zero attached hydrogens (tertiary/aromatic N) is 3. The molecule has 3 rings (SSSR count). The van der Waals surface area contributed by atoms with Crippen LogP contribution >= 0.6 is 0 Å². The summed E-state index contributed by atoms with van der Waals surface area (Å²) in [7, 11) is -3.57. The molecular weight excluding hydrogens is 430 g/mol. The van der Waals surface area contributed by atoms with E-state index in [0.29, 0.717) is 69.5 Å². The Kier molecular flexibility index (Phi) is 8.16. The molecule has 0 aliphatic carbocycles. The number of hydrogen-bond donors (Lipinski definition) is 0. The van der Waals surface area contributed by atoms with Crippen LogP contribution in [0.2, 0.25) is 0 Å². The summed E-state index contributed by atoms with van der Waals surface area (Å²) >= 11 is 0. The van der Waals surface area contributed by atoms with Crippen LogP contribution < -0.4 is 0 Å². The minimum absolute atomic E-state index is 0.0588. The van der Waals surface area contributed by atoms with E-state index in [1.165, 1.54) is 4.31 Å². The topological polar surface area (TPSA) is 87.2 Å². The highest BCUT2D eigenvalue weighted by Crippen LogP contribution is 2.25. The maximum Gasteiger partial charge on any atom is 0.409 e. The van der Waals surface area contributed by atoms with E-state index in [1.807, 2.05) is 12.1 Å². The average molecular weight is 466 g/mol. The Morgan fingerprint density at radius 3 is 2.09 bits per heavy atom. The summed E-state index contributed by atoms with van der Waals surface area (Å²) in [5.74, 6) is 0.325. The summed E-state index contributed by atoms with van der Waals surface area (Å²) in [5, 5.41) is 0. The summed E-state index contributed by atoms with van der Waals surface area (Å²) in [6.07, 6.45) is 1.90. The van der Waals surface area contributed by atoms with Crippen LogP contribution in [0.25, 0.3) is 0 Å². The number of sulfonamides is 1. The predicted octanol–water partition coefficient (Wildman–Crippen LogP) is 2.90. The number of ether oxygens (including phenoxy) is 1. The van der Waals surface area contributed by atoms with E-state index >= 15 is 0 Å². The summed E-state index contributed by atoms with van der Waals surface area (Å²) in [6, 6.07) is 7.16. The number of piperazine rings is 1. The van der Waals surface area contributed by atoms with E-state index in [9.17, 15) is 18.0 Å². The van der Waals surface area contributed by atoms with Crippen molar-refractivity contribution in [2.24, 2.45) is 5.92 Å². The molecule has 2 saturated heterocycles. The van der Waals surface area contributed by atoms with Gasteiger partial charge in [0.2, 0.25) is 15.9 Å². The van der Waals surface area contributed by atoms with Crippen molar-refractivity contribution in [3.05, 3.63) is 29.8 Å². The number of amides is 2. The van der Waals surface area contributed by atoms with Gasteiger partial charge in [0.05, 0.1) is 11.5 Å². The number of piperidine rings is 1. The second-order valence-electron chi connectivity index (χ2n) is 8.57. The second-order valence-corrected chi connectivity index (χ2v) is 10.5. The minimum Gasteiger partial charge on any atom is -0.450 e. The number of rotatable bonds is 6. The van der Waals surface area contributed by atoms with E-state index in [0.717, 1.165) is 12.0 Å². The molecule has 8 nitrogen and oxygen atoms in total. The third-order valence-corrected chi connectivity index (χ3v) is 8.53. The molecule has 0 spiro atoms. The lowest BCUT2D eigenvalue weighted by Gasteiger charge is -2.38. The van der Waals surface area contributed by atoms with Crippen molar-refractivity contribution >= 4 is 22.0 Å². The zero-order chi connectivity index (χ0) is 23.3. The zero-order valence-corrected chi connectivity index (χ0v) is 20.1. The Balaban J connectivity index is 1.53. The molecule has 2 heterocycles. The van der Waals surface area contributed by atoms with Gasteiger partial charge in [0.25, 0.3) is 0 Å². The first-order valence-corrected chi connectivity index (χ1v) is 13.0. The Labute approximate surface area is 191 Å². The molecule has 0 aromatic heterocycles. The highest BCUT2D eigenvalue weighted by Gasteiger charge is 2.34. The molecule has 9 heteroatoms. The van der Waals surface area contributed by atoms with Crippen molar-refractivity contribution in [1.29, 1.82) is 0 Å². The molecule has 2 aliphatic heterocycles. The van der Waals surface area contributed by atoms with E-state index in [-0.39, 0.29) is 17.9 Å². The maximum atomic E-state index is 13.0. The van der Waals surface area contributed by atoms with Crippen LogP contribution in [-0.4, -0.2) is 80.4 Å². The van der Waals surface area contributed by atoms with Crippen molar-refractivity contribution in [2.75, 3.05) is 45.9 Å². The van der Waals surface area contributed by atoms with Crippen molar-refractivity contribution in [2.45, 2.75) is 50.8 Å². The number of carbonyl (C=O) groups is 2. The van der Waals surface area contributed by atoms with Crippen LogP contribution in [0.5, 0.6) is 0 Å². The van der Waals surface area contributed by atoms with Gasteiger partial charge >= 0.3 is 6.09 Å². The molecular formula is C23H35N3O5S. The highest BCUT2D eigenvalue weighted by molar-refractivity contribution is 7.89. The summed E-state index contributed by atoms with van der Waals surface area (Å²) in [6.45, 7) is 8.74. The molecule has 0 radical (unpaired) electrons. The van der Waals surface area contributed by atoms with E-state index in [2.05, 4.69) is 13.8 Å². The van der Waals surface area contributed by atoms with Gasteiger partial charge in [-0.25, -0.2) is 13.2 Å². The Hall–Kier alpha value is -2.13. The number of benzene rings is 1. The normalized spacial score (nSPS) is 19.6. The Bertz CT molecular complexity index is 887. The monoisotopic (exact) mass is 465 g/mol. The van der Waals surface area contributed by atoms with Gasteiger partial charge in [-0.3, -0.25) is 4.79 Å².